The predicted octanol–water partition coefficient (Wildman–Crippen LogP) is -0.360. The van der Waals surface area contributed by atoms with Crippen LogP contribution in [0.5, 0.6) is 0 Å². The van der Waals surface area contributed by atoms with Crippen LogP contribution in [0.15, 0.2) is 0 Å². The second kappa shape index (κ2) is 2.05. The summed E-state index contributed by atoms with van der Waals surface area (Å²) in [5.74, 6) is 0.226. The van der Waals surface area contributed by atoms with E-state index >= 15 is 0 Å². The van der Waals surface area contributed by atoms with Gasteiger partial charge >= 0.3 is 0 Å². The molecule has 70 valence electrons. The van der Waals surface area contributed by atoms with Crippen LogP contribution < -0.4 is 5.32 Å². The Bertz CT molecular complexity index is 300. The number of rotatable bonds is 0. The summed E-state index contributed by atoms with van der Waals surface area (Å²) in [6.07, 6.45) is 3.54. The molecule has 0 unspecified atom stereocenters. The molecule has 4 fully saturated rings. The molecule has 2 atom stereocenters. The van der Waals surface area contributed by atoms with Crippen LogP contribution in [0.2, 0.25) is 0 Å². The lowest BCUT2D eigenvalue weighted by Crippen LogP contribution is -2.72. The molecular formula is C9H12N2O2. The molecule has 4 heteroatoms. The molecule has 13 heavy (non-hydrogen) atoms. The van der Waals surface area contributed by atoms with Gasteiger partial charge in [0.05, 0.1) is 0 Å². The van der Waals surface area contributed by atoms with Crippen LogP contribution in [0.4, 0.5) is 0 Å². The number of hydrogen-bond acceptors (Lipinski definition) is 2. The molecule has 4 rings (SSSR count). The second-order valence-corrected chi connectivity index (χ2v) is 4.19. The van der Waals surface area contributed by atoms with Crippen molar-refractivity contribution in [3.05, 3.63) is 0 Å². The van der Waals surface area contributed by atoms with Crippen LogP contribution >= 0.6 is 0 Å². The number of fused-ring (bicyclic) bond motifs is 2. The van der Waals surface area contributed by atoms with E-state index in [1.54, 1.807) is 4.90 Å². The number of piperidine rings is 2. The Balaban J connectivity index is 2.10. The van der Waals surface area contributed by atoms with Gasteiger partial charge in [-0.1, -0.05) is 0 Å². The normalized spacial score (nSPS) is 42.2. The van der Waals surface area contributed by atoms with E-state index in [0.717, 1.165) is 32.2 Å². The maximum Gasteiger partial charge on any atom is 0.246 e. The van der Waals surface area contributed by atoms with Gasteiger partial charge in [0.1, 0.15) is 11.6 Å². The molecule has 4 nitrogen and oxygen atoms in total. The first-order chi connectivity index (χ1) is 6.24. The molecule has 0 aliphatic carbocycles. The maximum atomic E-state index is 11.7. The highest BCUT2D eigenvalue weighted by molar-refractivity contribution is 6.01. The van der Waals surface area contributed by atoms with Crippen LogP contribution in [0.25, 0.3) is 0 Å². The Morgan fingerprint density at radius 1 is 1.38 bits per heavy atom. The summed E-state index contributed by atoms with van der Waals surface area (Å²) in [6, 6.07) is -0.215. The smallest absolute Gasteiger partial charge is 0.246 e. The number of piperazine rings is 1. The molecule has 4 heterocycles. The van der Waals surface area contributed by atoms with Crippen molar-refractivity contribution in [1.82, 2.24) is 10.2 Å². The van der Waals surface area contributed by atoms with E-state index in [1.807, 2.05) is 0 Å². The number of carbonyl (C=O) groups is 2. The van der Waals surface area contributed by atoms with Gasteiger partial charge in [0.2, 0.25) is 11.8 Å². The fraction of sp³-hybridized carbons (Fsp3) is 0.778. The summed E-state index contributed by atoms with van der Waals surface area (Å²) in [5, 5.41) is 2.80. The minimum atomic E-state index is -0.439. The summed E-state index contributed by atoms with van der Waals surface area (Å²) >= 11 is 0. The first-order valence-corrected chi connectivity index (χ1v) is 4.86. The zero-order valence-electron chi connectivity index (χ0n) is 7.38. The van der Waals surface area contributed by atoms with E-state index in [-0.39, 0.29) is 17.9 Å². The molecule has 2 bridgehead atoms. The van der Waals surface area contributed by atoms with Crippen molar-refractivity contribution >= 4 is 11.8 Å². The second-order valence-electron chi connectivity index (χ2n) is 4.19. The highest BCUT2D eigenvalue weighted by Crippen LogP contribution is 2.41. The first kappa shape index (κ1) is 7.35. The maximum absolute atomic E-state index is 11.7. The Labute approximate surface area is 76.3 Å². The average molecular weight is 180 g/mol. The monoisotopic (exact) mass is 180 g/mol. The standard InChI is InChI=1S/C9H12N2O2/c12-7-6-2-4-9(8(13)10-6)3-1-5-11(7)9/h6H,1-5H2,(H,10,13)/t6-,9-/m0/s1. The molecule has 0 saturated carbocycles. The predicted molar refractivity (Wildman–Crippen MR) is 44.8 cm³/mol. The third kappa shape index (κ3) is 0.677. The van der Waals surface area contributed by atoms with Crippen LogP contribution in [0.1, 0.15) is 25.7 Å². The summed E-state index contributed by atoms with van der Waals surface area (Å²) in [4.78, 5) is 25.2. The topological polar surface area (TPSA) is 49.4 Å². The molecule has 0 radical (unpaired) electrons. The van der Waals surface area contributed by atoms with Gasteiger partial charge in [-0.15, -0.1) is 0 Å². The van der Waals surface area contributed by atoms with Gasteiger partial charge in [-0.05, 0) is 25.7 Å². The van der Waals surface area contributed by atoms with Crippen molar-refractivity contribution < 1.29 is 9.59 Å². The molecule has 4 saturated heterocycles. The number of carbonyl (C=O) groups excluding carboxylic acids is 2. The van der Waals surface area contributed by atoms with Gasteiger partial charge < -0.3 is 10.2 Å². The Hall–Kier alpha value is -1.06. The summed E-state index contributed by atoms with van der Waals surface area (Å²) in [5.41, 5.74) is -0.439. The highest BCUT2D eigenvalue weighted by Gasteiger charge is 2.58. The molecular weight excluding hydrogens is 168 g/mol. The number of nitrogens with one attached hydrogen (secondary N) is 1. The molecule has 0 aromatic carbocycles. The summed E-state index contributed by atoms with van der Waals surface area (Å²) in [7, 11) is 0. The van der Waals surface area contributed by atoms with Crippen LogP contribution in [0.3, 0.4) is 0 Å². The number of nitrogens with zero attached hydrogens (tertiary/aromatic N) is 1. The first-order valence-electron chi connectivity index (χ1n) is 4.86. The fourth-order valence-corrected chi connectivity index (χ4v) is 2.93. The van der Waals surface area contributed by atoms with Crippen LogP contribution in [-0.2, 0) is 9.59 Å². The highest BCUT2D eigenvalue weighted by atomic mass is 16.2. The van der Waals surface area contributed by atoms with Crippen molar-refractivity contribution in [3.8, 4) is 0 Å². The number of hydrogen-bond donors (Lipinski definition) is 1. The molecule has 1 N–H and O–H groups in total. The minimum Gasteiger partial charge on any atom is -0.342 e. The Kier molecular flexibility index (Phi) is 1.16. The largest absolute Gasteiger partial charge is 0.342 e. The third-order valence-corrected chi connectivity index (χ3v) is 3.63. The van der Waals surface area contributed by atoms with E-state index in [4.69, 9.17) is 0 Å². The van der Waals surface area contributed by atoms with Gasteiger partial charge in [0.25, 0.3) is 0 Å². The van der Waals surface area contributed by atoms with E-state index < -0.39 is 5.54 Å². The lowest BCUT2D eigenvalue weighted by Gasteiger charge is -2.49. The van der Waals surface area contributed by atoms with E-state index in [0.29, 0.717) is 0 Å². The Morgan fingerprint density at radius 3 is 2.92 bits per heavy atom. The van der Waals surface area contributed by atoms with Gasteiger partial charge in [-0.25, -0.2) is 0 Å². The number of amides is 2. The van der Waals surface area contributed by atoms with Gasteiger partial charge in [0.15, 0.2) is 0 Å². The third-order valence-electron chi connectivity index (χ3n) is 3.63. The lowest BCUT2D eigenvalue weighted by atomic mass is 9.79. The van der Waals surface area contributed by atoms with Crippen molar-refractivity contribution in [3.63, 3.8) is 0 Å². The van der Waals surface area contributed by atoms with E-state index in [9.17, 15) is 9.59 Å². The quantitative estimate of drug-likeness (QED) is 0.553. The van der Waals surface area contributed by atoms with E-state index in [1.165, 1.54) is 0 Å². The van der Waals surface area contributed by atoms with Crippen LogP contribution in [-0.4, -0.2) is 34.8 Å². The SMILES string of the molecule is O=C1[C@@H]2CC[C@@]3(CCCN13)C(=O)N2. The van der Waals surface area contributed by atoms with Crippen molar-refractivity contribution in [1.29, 1.82) is 0 Å². The van der Waals surface area contributed by atoms with Crippen molar-refractivity contribution in [2.45, 2.75) is 37.3 Å². The van der Waals surface area contributed by atoms with Gasteiger partial charge in [-0.2, -0.15) is 0 Å². The molecule has 0 aromatic heterocycles. The summed E-state index contributed by atoms with van der Waals surface area (Å²) in [6.45, 7) is 0.781. The summed E-state index contributed by atoms with van der Waals surface area (Å²) < 4.78 is 0. The minimum absolute atomic E-state index is 0.0841. The van der Waals surface area contributed by atoms with Crippen LogP contribution in [0, 0.1) is 0 Å². The molecule has 1 spiro atoms. The fourth-order valence-electron chi connectivity index (χ4n) is 2.93. The molecule has 4 aliphatic rings. The lowest BCUT2D eigenvalue weighted by molar-refractivity contribution is -0.160. The Morgan fingerprint density at radius 2 is 2.23 bits per heavy atom. The van der Waals surface area contributed by atoms with Gasteiger partial charge in [0, 0.05) is 6.54 Å². The van der Waals surface area contributed by atoms with Crippen molar-refractivity contribution in [2.75, 3.05) is 6.54 Å². The van der Waals surface area contributed by atoms with E-state index in [2.05, 4.69) is 5.32 Å². The van der Waals surface area contributed by atoms with Crippen molar-refractivity contribution in [2.24, 2.45) is 0 Å². The zero-order chi connectivity index (χ0) is 9.05. The molecule has 0 aromatic rings. The van der Waals surface area contributed by atoms with Gasteiger partial charge in [-0.3, -0.25) is 9.59 Å². The molecule has 2 amide bonds. The average Bonchev–Trinajstić information content (AvgIpc) is 2.54. The zero-order valence-corrected chi connectivity index (χ0v) is 7.38. The molecule has 4 aliphatic heterocycles.